The zero-order chi connectivity index (χ0) is 23.2. The highest BCUT2D eigenvalue weighted by Gasteiger charge is 2.29. The molecule has 9 heteroatoms. The van der Waals surface area contributed by atoms with E-state index in [1.807, 2.05) is 6.92 Å². The van der Waals surface area contributed by atoms with Crippen LogP contribution in [0.3, 0.4) is 0 Å². The third-order valence-electron chi connectivity index (χ3n) is 5.01. The molecular weight excluding hydrogens is 420 g/mol. The van der Waals surface area contributed by atoms with Gasteiger partial charge in [-0.2, -0.15) is 8.42 Å². The number of carbonyl (C=O) groups excluding carboxylic acids is 2. The van der Waals surface area contributed by atoms with Crippen molar-refractivity contribution < 1.29 is 26.9 Å². The number of nitrogens with zero attached hydrogens (tertiary/aromatic N) is 1. The molecule has 1 heterocycles. The van der Waals surface area contributed by atoms with Gasteiger partial charge in [0.2, 0.25) is 5.91 Å². The molecule has 174 valence electrons. The molecule has 0 bridgehead atoms. The van der Waals surface area contributed by atoms with Crippen molar-refractivity contribution in [2.24, 2.45) is 5.92 Å². The smallest absolute Gasteiger partial charge is 0.408 e. The summed E-state index contributed by atoms with van der Waals surface area (Å²) in [7, 11) is -3.79. The summed E-state index contributed by atoms with van der Waals surface area (Å²) in [6.07, 6.45) is 1.62. The minimum absolute atomic E-state index is 0.0641. The number of ether oxygens (including phenoxy) is 1. The van der Waals surface area contributed by atoms with E-state index < -0.39 is 27.9 Å². The van der Waals surface area contributed by atoms with Gasteiger partial charge in [-0.1, -0.05) is 17.7 Å². The van der Waals surface area contributed by atoms with E-state index >= 15 is 0 Å². The number of amides is 2. The van der Waals surface area contributed by atoms with Crippen LogP contribution in [-0.2, 0) is 23.8 Å². The van der Waals surface area contributed by atoms with Crippen LogP contribution in [0.25, 0.3) is 0 Å². The van der Waals surface area contributed by atoms with Gasteiger partial charge in [0.15, 0.2) is 0 Å². The topological polar surface area (TPSA) is 102 Å². The average Bonchev–Trinajstić information content (AvgIpc) is 2.66. The third kappa shape index (κ3) is 8.14. The fourth-order valence-corrected chi connectivity index (χ4v) is 4.34. The second-order valence-electron chi connectivity index (χ2n) is 9.04. The molecule has 0 spiro atoms. The monoisotopic (exact) mass is 454 g/mol. The fourth-order valence-electron chi connectivity index (χ4n) is 3.42. The van der Waals surface area contributed by atoms with Crippen molar-refractivity contribution >= 4 is 22.1 Å². The van der Waals surface area contributed by atoms with Crippen LogP contribution >= 0.6 is 0 Å². The summed E-state index contributed by atoms with van der Waals surface area (Å²) in [5.74, 6) is -0.0385. The molecule has 1 unspecified atom stereocenters. The molecule has 31 heavy (non-hydrogen) atoms. The van der Waals surface area contributed by atoms with Crippen molar-refractivity contribution in [3.8, 4) is 0 Å². The Labute approximate surface area is 185 Å². The summed E-state index contributed by atoms with van der Waals surface area (Å²) < 4.78 is 35.0. The SMILES string of the molecule is Cc1ccc(S(=O)(=O)OCCC2CCCN(C(=O)[C@@H](C)NC(=O)OC(C)(C)C)C2)cc1. The number of hydrogen-bond donors (Lipinski definition) is 1. The molecule has 1 aromatic rings. The van der Waals surface area contributed by atoms with Crippen molar-refractivity contribution in [3.63, 3.8) is 0 Å². The van der Waals surface area contributed by atoms with Gasteiger partial charge >= 0.3 is 6.09 Å². The highest BCUT2D eigenvalue weighted by Crippen LogP contribution is 2.22. The first-order valence-electron chi connectivity index (χ1n) is 10.6. The first-order valence-corrected chi connectivity index (χ1v) is 12.0. The maximum atomic E-state index is 12.7. The van der Waals surface area contributed by atoms with E-state index in [4.69, 9.17) is 8.92 Å². The molecule has 2 amide bonds. The molecule has 1 aromatic carbocycles. The van der Waals surface area contributed by atoms with Crippen LogP contribution in [-0.4, -0.2) is 56.7 Å². The number of rotatable bonds is 7. The van der Waals surface area contributed by atoms with Crippen LogP contribution in [0.1, 0.15) is 52.5 Å². The quantitative estimate of drug-likeness (QED) is 0.635. The summed E-state index contributed by atoms with van der Waals surface area (Å²) >= 11 is 0. The number of alkyl carbamates (subject to hydrolysis) is 1. The molecule has 2 rings (SSSR count). The second kappa shape index (κ2) is 10.5. The van der Waals surface area contributed by atoms with Crippen LogP contribution in [0.4, 0.5) is 4.79 Å². The fraction of sp³-hybridized carbons (Fsp3) is 0.636. The lowest BCUT2D eigenvalue weighted by atomic mass is 9.95. The number of benzene rings is 1. The minimum Gasteiger partial charge on any atom is -0.444 e. The molecule has 8 nitrogen and oxygen atoms in total. The first kappa shape index (κ1) is 25.1. The molecule has 1 aliphatic rings. The maximum Gasteiger partial charge on any atom is 0.408 e. The largest absolute Gasteiger partial charge is 0.444 e. The van der Waals surface area contributed by atoms with Gasteiger partial charge in [0.25, 0.3) is 10.1 Å². The lowest BCUT2D eigenvalue weighted by Crippen LogP contribution is -2.50. The average molecular weight is 455 g/mol. The van der Waals surface area contributed by atoms with Gasteiger partial charge in [-0.3, -0.25) is 8.98 Å². The van der Waals surface area contributed by atoms with E-state index in [1.54, 1.807) is 44.7 Å². The maximum absolute atomic E-state index is 12.7. The number of nitrogens with one attached hydrogen (secondary N) is 1. The van der Waals surface area contributed by atoms with Gasteiger partial charge < -0.3 is 15.0 Å². The number of carbonyl (C=O) groups is 2. The number of hydrogen-bond acceptors (Lipinski definition) is 6. The zero-order valence-corrected chi connectivity index (χ0v) is 19.8. The molecule has 2 atom stereocenters. The molecule has 0 radical (unpaired) electrons. The number of aryl methyl sites for hydroxylation is 1. The van der Waals surface area contributed by atoms with Crippen molar-refractivity contribution in [1.82, 2.24) is 10.2 Å². The second-order valence-corrected chi connectivity index (χ2v) is 10.7. The predicted molar refractivity (Wildman–Crippen MR) is 117 cm³/mol. The first-order chi connectivity index (χ1) is 14.4. The molecule has 0 saturated carbocycles. The Hall–Kier alpha value is -2.13. The van der Waals surface area contributed by atoms with Crippen LogP contribution < -0.4 is 5.32 Å². The summed E-state index contributed by atoms with van der Waals surface area (Å²) in [5.41, 5.74) is 0.337. The van der Waals surface area contributed by atoms with Crippen LogP contribution in [0, 0.1) is 12.8 Å². The van der Waals surface area contributed by atoms with E-state index in [2.05, 4.69) is 5.32 Å². The van der Waals surface area contributed by atoms with Gasteiger partial charge in [-0.25, -0.2) is 4.79 Å². The van der Waals surface area contributed by atoms with Crippen molar-refractivity contribution in [2.45, 2.75) is 70.4 Å². The normalized spacial score (nSPS) is 18.4. The number of likely N-dealkylation sites (tertiary alicyclic amines) is 1. The zero-order valence-electron chi connectivity index (χ0n) is 19.0. The lowest BCUT2D eigenvalue weighted by Gasteiger charge is -2.34. The highest BCUT2D eigenvalue weighted by atomic mass is 32.2. The van der Waals surface area contributed by atoms with Crippen molar-refractivity contribution in [1.29, 1.82) is 0 Å². The van der Waals surface area contributed by atoms with Gasteiger partial charge in [-0.05, 0) is 71.9 Å². The van der Waals surface area contributed by atoms with Crippen molar-refractivity contribution in [2.75, 3.05) is 19.7 Å². The van der Waals surface area contributed by atoms with Gasteiger partial charge in [0.05, 0.1) is 11.5 Å². The standard InChI is InChI=1S/C22H34N2O6S/c1-16-8-10-19(11-9-16)31(27,28)29-14-12-18-7-6-13-24(15-18)20(25)17(2)23-21(26)30-22(3,4)5/h8-11,17-18H,6-7,12-15H2,1-5H3,(H,23,26)/t17-,18?/m1/s1. The Morgan fingerprint density at radius 1 is 1.23 bits per heavy atom. The van der Waals surface area contributed by atoms with Crippen LogP contribution in [0.2, 0.25) is 0 Å². The van der Waals surface area contributed by atoms with E-state index in [0.717, 1.165) is 18.4 Å². The Morgan fingerprint density at radius 3 is 2.48 bits per heavy atom. The summed E-state index contributed by atoms with van der Waals surface area (Å²) in [6, 6.07) is 5.82. The predicted octanol–water partition coefficient (Wildman–Crippen LogP) is 3.24. The number of piperidine rings is 1. The summed E-state index contributed by atoms with van der Waals surface area (Å²) in [4.78, 5) is 26.5. The van der Waals surface area contributed by atoms with E-state index in [0.29, 0.717) is 19.5 Å². The third-order valence-corrected chi connectivity index (χ3v) is 6.34. The molecular formula is C22H34N2O6S. The Morgan fingerprint density at radius 2 is 1.87 bits per heavy atom. The molecule has 1 aliphatic heterocycles. The Balaban J connectivity index is 1.83. The van der Waals surface area contributed by atoms with Gasteiger partial charge in [0.1, 0.15) is 11.6 Å². The van der Waals surface area contributed by atoms with Crippen molar-refractivity contribution in [3.05, 3.63) is 29.8 Å². The Bertz CT molecular complexity index is 861. The van der Waals surface area contributed by atoms with Gasteiger partial charge in [-0.15, -0.1) is 0 Å². The van der Waals surface area contributed by atoms with E-state index in [9.17, 15) is 18.0 Å². The van der Waals surface area contributed by atoms with Gasteiger partial charge in [0, 0.05) is 13.1 Å². The van der Waals surface area contributed by atoms with Crippen LogP contribution in [0.15, 0.2) is 29.2 Å². The molecule has 0 aromatic heterocycles. The lowest BCUT2D eigenvalue weighted by molar-refractivity contribution is -0.135. The molecule has 0 aliphatic carbocycles. The minimum atomic E-state index is -3.79. The highest BCUT2D eigenvalue weighted by molar-refractivity contribution is 7.86. The molecule has 1 saturated heterocycles. The summed E-state index contributed by atoms with van der Waals surface area (Å²) in [6.45, 7) is 9.98. The van der Waals surface area contributed by atoms with Crippen LogP contribution in [0.5, 0.6) is 0 Å². The molecule has 1 N–H and O–H groups in total. The summed E-state index contributed by atoms with van der Waals surface area (Å²) in [5, 5.41) is 2.58. The molecule has 1 fully saturated rings. The van der Waals surface area contributed by atoms with E-state index in [1.165, 1.54) is 12.1 Å². The Kier molecular flexibility index (Phi) is 8.48. The van der Waals surface area contributed by atoms with E-state index in [-0.39, 0.29) is 23.3 Å².